The van der Waals surface area contributed by atoms with Gasteiger partial charge in [-0.3, -0.25) is 0 Å². The standard InChI is InChI=1S/C13H17F2NO/c14-10-5-9(6-11(15)7-10)12(16)13(17)8-3-1-2-4-8/h5-8,12-13,17H,1-4,16H2/t12-,13+/m0/s1. The Bertz CT molecular complexity index is 371. The molecule has 0 unspecified atom stereocenters. The van der Waals surface area contributed by atoms with Crippen LogP contribution in [0.3, 0.4) is 0 Å². The Morgan fingerprint density at radius 2 is 1.65 bits per heavy atom. The Kier molecular flexibility index (Phi) is 3.74. The SMILES string of the molecule is N[C@@H](c1cc(F)cc(F)c1)[C@H](O)C1CCCC1. The van der Waals surface area contributed by atoms with Crippen molar-refractivity contribution in [3.63, 3.8) is 0 Å². The van der Waals surface area contributed by atoms with Crippen molar-refractivity contribution in [1.82, 2.24) is 0 Å². The minimum atomic E-state index is -0.723. The van der Waals surface area contributed by atoms with E-state index in [4.69, 9.17) is 5.73 Å². The summed E-state index contributed by atoms with van der Waals surface area (Å²) in [5, 5.41) is 10.1. The number of hydrogen-bond donors (Lipinski definition) is 2. The second kappa shape index (κ2) is 5.10. The van der Waals surface area contributed by atoms with Crippen LogP contribution in [0.25, 0.3) is 0 Å². The van der Waals surface area contributed by atoms with Crippen LogP contribution in [0.4, 0.5) is 8.78 Å². The summed E-state index contributed by atoms with van der Waals surface area (Å²) in [6.07, 6.45) is 3.33. The normalized spacial score (nSPS) is 20.5. The van der Waals surface area contributed by atoms with Crippen LogP contribution in [0.15, 0.2) is 18.2 Å². The summed E-state index contributed by atoms with van der Waals surface area (Å²) in [7, 11) is 0. The van der Waals surface area contributed by atoms with Crippen LogP contribution in [-0.2, 0) is 0 Å². The predicted molar refractivity (Wildman–Crippen MR) is 61.3 cm³/mol. The van der Waals surface area contributed by atoms with Crippen molar-refractivity contribution in [2.24, 2.45) is 11.7 Å². The van der Waals surface area contributed by atoms with Gasteiger partial charge in [0.25, 0.3) is 0 Å². The third kappa shape index (κ3) is 2.82. The number of aliphatic hydroxyl groups is 1. The maximum Gasteiger partial charge on any atom is 0.126 e. The highest BCUT2D eigenvalue weighted by atomic mass is 19.1. The van der Waals surface area contributed by atoms with Gasteiger partial charge in [-0.25, -0.2) is 8.78 Å². The zero-order valence-corrected chi connectivity index (χ0v) is 9.57. The fourth-order valence-corrected chi connectivity index (χ4v) is 2.56. The van der Waals surface area contributed by atoms with E-state index in [9.17, 15) is 13.9 Å². The van der Waals surface area contributed by atoms with Crippen LogP contribution in [0, 0.1) is 17.6 Å². The molecule has 2 atom stereocenters. The molecule has 0 aromatic heterocycles. The average molecular weight is 241 g/mol. The van der Waals surface area contributed by atoms with Gasteiger partial charge in [-0.15, -0.1) is 0 Å². The van der Waals surface area contributed by atoms with E-state index in [0.29, 0.717) is 5.56 Å². The number of rotatable bonds is 3. The first-order valence-corrected chi connectivity index (χ1v) is 5.97. The minimum absolute atomic E-state index is 0.149. The van der Waals surface area contributed by atoms with Gasteiger partial charge in [0.1, 0.15) is 11.6 Å². The Balaban J connectivity index is 2.14. The lowest BCUT2D eigenvalue weighted by atomic mass is 9.91. The third-order valence-electron chi connectivity index (χ3n) is 3.52. The number of hydrogen-bond acceptors (Lipinski definition) is 2. The zero-order valence-electron chi connectivity index (χ0n) is 9.57. The molecule has 1 aliphatic carbocycles. The van der Waals surface area contributed by atoms with Gasteiger partial charge in [0.05, 0.1) is 12.1 Å². The summed E-state index contributed by atoms with van der Waals surface area (Å²) in [4.78, 5) is 0. The van der Waals surface area contributed by atoms with Crippen molar-refractivity contribution in [3.05, 3.63) is 35.4 Å². The maximum atomic E-state index is 13.1. The molecular formula is C13H17F2NO. The van der Waals surface area contributed by atoms with Crippen LogP contribution in [0.2, 0.25) is 0 Å². The van der Waals surface area contributed by atoms with Crippen LogP contribution < -0.4 is 5.73 Å². The van der Waals surface area contributed by atoms with Gasteiger partial charge >= 0.3 is 0 Å². The van der Waals surface area contributed by atoms with E-state index in [-0.39, 0.29) is 5.92 Å². The Labute approximate surface area is 99.4 Å². The topological polar surface area (TPSA) is 46.2 Å². The molecule has 1 aliphatic rings. The molecule has 4 heteroatoms. The lowest BCUT2D eigenvalue weighted by Gasteiger charge is -2.24. The molecule has 2 rings (SSSR count). The summed E-state index contributed by atoms with van der Waals surface area (Å²) >= 11 is 0. The van der Waals surface area contributed by atoms with Crippen molar-refractivity contribution >= 4 is 0 Å². The van der Waals surface area contributed by atoms with E-state index >= 15 is 0 Å². The summed E-state index contributed by atoms with van der Waals surface area (Å²) in [5.41, 5.74) is 6.19. The molecule has 1 fully saturated rings. The fourth-order valence-electron chi connectivity index (χ4n) is 2.56. The molecule has 1 aromatic carbocycles. The number of aliphatic hydroxyl groups excluding tert-OH is 1. The van der Waals surface area contributed by atoms with E-state index in [1.54, 1.807) is 0 Å². The van der Waals surface area contributed by atoms with Crippen LogP contribution >= 0.6 is 0 Å². The molecule has 0 saturated heterocycles. The van der Waals surface area contributed by atoms with Gasteiger partial charge in [0, 0.05) is 6.07 Å². The molecule has 2 nitrogen and oxygen atoms in total. The first-order valence-electron chi connectivity index (χ1n) is 5.97. The van der Waals surface area contributed by atoms with Crippen LogP contribution in [0.1, 0.15) is 37.3 Å². The van der Waals surface area contributed by atoms with Crippen molar-refractivity contribution in [1.29, 1.82) is 0 Å². The van der Waals surface area contributed by atoms with E-state index < -0.39 is 23.8 Å². The van der Waals surface area contributed by atoms with Crippen LogP contribution in [0.5, 0.6) is 0 Å². The van der Waals surface area contributed by atoms with Crippen molar-refractivity contribution in [2.75, 3.05) is 0 Å². The molecule has 0 radical (unpaired) electrons. The molecule has 0 amide bonds. The van der Waals surface area contributed by atoms with Crippen molar-refractivity contribution in [3.8, 4) is 0 Å². The molecule has 17 heavy (non-hydrogen) atoms. The summed E-state index contributed by atoms with van der Waals surface area (Å²) < 4.78 is 26.1. The average Bonchev–Trinajstić information content (AvgIpc) is 2.79. The molecule has 0 spiro atoms. The smallest absolute Gasteiger partial charge is 0.126 e. The number of halogens is 2. The number of nitrogens with two attached hydrogens (primary N) is 1. The first kappa shape index (κ1) is 12.5. The summed E-state index contributed by atoms with van der Waals surface area (Å²) in [5.74, 6) is -1.17. The largest absolute Gasteiger partial charge is 0.391 e. The second-order valence-electron chi connectivity index (χ2n) is 4.76. The Morgan fingerprint density at radius 3 is 2.18 bits per heavy atom. The van der Waals surface area contributed by atoms with Gasteiger partial charge in [-0.1, -0.05) is 12.8 Å². The van der Waals surface area contributed by atoms with Gasteiger partial charge in [0.15, 0.2) is 0 Å². The second-order valence-corrected chi connectivity index (χ2v) is 4.76. The Morgan fingerprint density at radius 1 is 1.12 bits per heavy atom. The highest BCUT2D eigenvalue weighted by molar-refractivity contribution is 5.22. The summed E-state index contributed by atoms with van der Waals surface area (Å²) in [6.45, 7) is 0. The van der Waals surface area contributed by atoms with Crippen molar-refractivity contribution < 1.29 is 13.9 Å². The van der Waals surface area contributed by atoms with Gasteiger partial charge in [0.2, 0.25) is 0 Å². The Hall–Kier alpha value is -1.00. The molecular weight excluding hydrogens is 224 g/mol. The lowest BCUT2D eigenvalue weighted by molar-refractivity contribution is 0.0843. The van der Waals surface area contributed by atoms with Gasteiger partial charge in [-0.2, -0.15) is 0 Å². The molecule has 3 N–H and O–H groups in total. The van der Waals surface area contributed by atoms with Gasteiger partial charge < -0.3 is 10.8 Å². The predicted octanol–water partition coefficient (Wildman–Crippen LogP) is 2.52. The monoisotopic (exact) mass is 241 g/mol. The van der Waals surface area contributed by atoms with Crippen LogP contribution in [-0.4, -0.2) is 11.2 Å². The van der Waals surface area contributed by atoms with Gasteiger partial charge in [-0.05, 0) is 36.5 Å². The van der Waals surface area contributed by atoms with E-state index in [2.05, 4.69) is 0 Å². The minimum Gasteiger partial charge on any atom is -0.391 e. The van der Waals surface area contributed by atoms with E-state index in [0.717, 1.165) is 31.7 Å². The highest BCUT2D eigenvalue weighted by Gasteiger charge is 2.29. The molecule has 0 heterocycles. The van der Waals surface area contributed by atoms with Crippen molar-refractivity contribution in [2.45, 2.75) is 37.8 Å². The lowest BCUT2D eigenvalue weighted by Crippen LogP contribution is -2.32. The maximum absolute atomic E-state index is 13.1. The first-order chi connectivity index (χ1) is 8.08. The number of benzene rings is 1. The quantitative estimate of drug-likeness (QED) is 0.854. The fraction of sp³-hybridized carbons (Fsp3) is 0.538. The molecule has 1 aromatic rings. The third-order valence-corrected chi connectivity index (χ3v) is 3.52. The zero-order chi connectivity index (χ0) is 12.4. The molecule has 0 aliphatic heterocycles. The summed E-state index contributed by atoms with van der Waals surface area (Å²) in [6, 6.07) is 2.46. The molecule has 0 bridgehead atoms. The highest BCUT2D eigenvalue weighted by Crippen LogP contribution is 2.32. The van der Waals surface area contributed by atoms with E-state index in [1.807, 2.05) is 0 Å². The molecule has 1 saturated carbocycles. The van der Waals surface area contributed by atoms with E-state index in [1.165, 1.54) is 12.1 Å². The molecule has 94 valence electrons.